The molecule has 0 saturated carbocycles. The van der Waals surface area contributed by atoms with E-state index in [4.69, 9.17) is 5.11 Å². The van der Waals surface area contributed by atoms with Gasteiger partial charge in [-0.3, -0.25) is 9.98 Å². The number of aromatic nitrogens is 1. The van der Waals surface area contributed by atoms with E-state index in [-0.39, 0.29) is 0 Å². The first-order chi connectivity index (χ1) is 6.20. The van der Waals surface area contributed by atoms with Gasteiger partial charge >= 0.3 is 5.97 Å². The first kappa shape index (κ1) is 9.38. The van der Waals surface area contributed by atoms with Gasteiger partial charge in [0.2, 0.25) is 0 Å². The maximum Gasteiger partial charge on any atom is 0.328 e. The normalized spacial score (nSPS) is 13.0. The molecule has 68 valence electrons. The van der Waals surface area contributed by atoms with Crippen molar-refractivity contribution in [2.45, 2.75) is 13.0 Å². The van der Waals surface area contributed by atoms with Crippen LogP contribution >= 0.6 is 0 Å². The Balaban J connectivity index is 2.64. The molecule has 13 heavy (non-hydrogen) atoms. The van der Waals surface area contributed by atoms with Crippen LogP contribution in [0.4, 0.5) is 0 Å². The molecule has 4 nitrogen and oxygen atoms in total. The molecular weight excluding hydrogens is 168 g/mol. The summed E-state index contributed by atoms with van der Waals surface area (Å²) in [5.41, 5.74) is 0.663. The zero-order chi connectivity index (χ0) is 9.68. The van der Waals surface area contributed by atoms with Crippen LogP contribution in [-0.4, -0.2) is 28.3 Å². The average Bonchev–Trinajstić information content (AvgIpc) is 2.15. The first-order valence-corrected chi connectivity index (χ1v) is 3.87. The maximum atomic E-state index is 10.4. The molecular formula is C9H10N2O2. The molecule has 0 saturated heterocycles. The topological polar surface area (TPSA) is 62.5 Å². The Labute approximate surface area is 76.0 Å². The van der Waals surface area contributed by atoms with Crippen molar-refractivity contribution < 1.29 is 9.90 Å². The van der Waals surface area contributed by atoms with E-state index < -0.39 is 12.0 Å². The molecule has 0 fully saturated rings. The van der Waals surface area contributed by atoms with E-state index in [1.54, 1.807) is 18.3 Å². The third kappa shape index (κ3) is 3.02. The Hall–Kier alpha value is -1.71. The summed E-state index contributed by atoms with van der Waals surface area (Å²) < 4.78 is 0. The van der Waals surface area contributed by atoms with Crippen LogP contribution in [-0.2, 0) is 4.79 Å². The van der Waals surface area contributed by atoms with Crippen LogP contribution in [0.1, 0.15) is 12.6 Å². The second-order valence-electron chi connectivity index (χ2n) is 2.55. The van der Waals surface area contributed by atoms with Gasteiger partial charge in [0.05, 0.1) is 5.69 Å². The summed E-state index contributed by atoms with van der Waals surface area (Å²) in [7, 11) is 0. The maximum absolute atomic E-state index is 10.4. The van der Waals surface area contributed by atoms with Crippen molar-refractivity contribution in [2.75, 3.05) is 0 Å². The number of hydrogen-bond donors (Lipinski definition) is 1. The van der Waals surface area contributed by atoms with Crippen LogP contribution in [0, 0.1) is 0 Å². The third-order valence-corrected chi connectivity index (χ3v) is 1.48. The highest BCUT2D eigenvalue weighted by Gasteiger charge is 2.06. The molecule has 4 heteroatoms. The molecule has 0 aliphatic rings. The third-order valence-electron chi connectivity index (χ3n) is 1.48. The van der Waals surface area contributed by atoms with Crippen molar-refractivity contribution in [3.63, 3.8) is 0 Å². The molecule has 0 radical (unpaired) electrons. The predicted molar refractivity (Wildman–Crippen MR) is 48.9 cm³/mol. The molecule has 1 aromatic rings. The molecule has 0 aromatic carbocycles. The molecule has 0 bridgehead atoms. The van der Waals surface area contributed by atoms with Gasteiger partial charge in [-0.15, -0.1) is 0 Å². The largest absolute Gasteiger partial charge is 0.480 e. The lowest BCUT2D eigenvalue weighted by Crippen LogP contribution is -2.13. The molecule has 1 heterocycles. The predicted octanol–water partition coefficient (Wildman–Crippen LogP) is 0.974. The minimum atomic E-state index is -0.938. The zero-order valence-electron chi connectivity index (χ0n) is 7.21. The smallest absolute Gasteiger partial charge is 0.328 e. The number of carbonyl (C=O) groups is 1. The Morgan fingerprint density at radius 3 is 3.00 bits per heavy atom. The molecule has 0 aliphatic heterocycles. The van der Waals surface area contributed by atoms with Crippen molar-refractivity contribution in [1.82, 2.24) is 4.98 Å². The number of carboxylic acid groups (broad SMARTS) is 1. The van der Waals surface area contributed by atoms with E-state index in [1.807, 2.05) is 6.07 Å². The van der Waals surface area contributed by atoms with Gasteiger partial charge in [-0.1, -0.05) is 6.07 Å². The fourth-order valence-corrected chi connectivity index (χ4v) is 0.704. The van der Waals surface area contributed by atoms with Gasteiger partial charge in [-0.25, -0.2) is 4.79 Å². The van der Waals surface area contributed by atoms with Gasteiger partial charge in [0, 0.05) is 12.4 Å². The van der Waals surface area contributed by atoms with Crippen LogP contribution in [0.2, 0.25) is 0 Å². The van der Waals surface area contributed by atoms with Gasteiger partial charge in [-0.05, 0) is 19.1 Å². The number of pyridine rings is 1. The second-order valence-corrected chi connectivity index (χ2v) is 2.55. The molecule has 1 unspecified atom stereocenters. The highest BCUT2D eigenvalue weighted by molar-refractivity contribution is 5.81. The van der Waals surface area contributed by atoms with Crippen LogP contribution < -0.4 is 0 Å². The van der Waals surface area contributed by atoms with E-state index in [0.717, 1.165) is 0 Å². The van der Waals surface area contributed by atoms with Gasteiger partial charge < -0.3 is 5.11 Å². The monoisotopic (exact) mass is 178 g/mol. The fraction of sp³-hybridized carbons (Fsp3) is 0.222. The quantitative estimate of drug-likeness (QED) is 0.701. The summed E-state index contributed by atoms with van der Waals surface area (Å²) in [6, 6.07) is 4.65. The number of aliphatic carboxylic acids is 1. The van der Waals surface area contributed by atoms with Crippen molar-refractivity contribution in [1.29, 1.82) is 0 Å². The SMILES string of the molecule is CC(N=Cc1ccccn1)C(=O)O. The van der Waals surface area contributed by atoms with Gasteiger partial charge in [0.15, 0.2) is 0 Å². The van der Waals surface area contributed by atoms with Gasteiger partial charge in [-0.2, -0.15) is 0 Å². The Morgan fingerprint density at radius 2 is 2.46 bits per heavy atom. The molecule has 0 amide bonds. The molecule has 0 aliphatic carbocycles. The number of carboxylic acids is 1. The summed E-state index contributed by atoms with van der Waals surface area (Å²) in [5, 5.41) is 8.53. The van der Waals surface area contributed by atoms with Crippen molar-refractivity contribution in [2.24, 2.45) is 4.99 Å². The van der Waals surface area contributed by atoms with E-state index in [1.165, 1.54) is 13.1 Å². The molecule has 1 N–H and O–H groups in total. The summed E-state index contributed by atoms with van der Waals surface area (Å²) in [5.74, 6) is -0.938. The minimum absolute atomic E-state index is 0.663. The number of hydrogen-bond acceptors (Lipinski definition) is 3. The zero-order valence-corrected chi connectivity index (χ0v) is 7.21. The summed E-state index contributed by atoms with van der Waals surface area (Å²) in [6.07, 6.45) is 3.09. The van der Waals surface area contributed by atoms with Crippen molar-refractivity contribution >= 4 is 12.2 Å². The van der Waals surface area contributed by atoms with Crippen molar-refractivity contribution in [3.8, 4) is 0 Å². The highest BCUT2D eigenvalue weighted by atomic mass is 16.4. The van der Waals surface area contributed by atoms with E-state index in [9.17, 15) is 4.79 Å². The second kappa shape index (κ2) is 4.35. The van der Waals surface area contributed by atoms with Crippen LogP contribution in [0.5, 0.6) is 0 Å². The summed E-state index contributed by atoms with van der Waals surface area (Å²) >= 11 is 0. The molecule has 1 aromatic heterocycles. The van der Waals surface area contributed by atoms with Crippen LogP contribution in [0.15, 0.2) is 29.4 Å². The Kier molecular flexibility index (Phi) is 3.14. The molecule has 1 atom stereocenters. The summed E-state index contributed by atoms with van der Waals surface area (Å²) in [4.78, 5) is 18.2. The Morgan fingerprint density at radius 1 is 1.69 bits per heavy atom. The lowest BCUT2D eigenvalue weighted by Gasteiger charge is -1.96. The van der Waals surface area contributed by atoms with E-state index >= 15 is 0 Å². The number of rotatable bonds is 3. The minimum Gasteiger partial charge on any atom is -0.480 e. The summed E-state index contributed by atoms with van der Waals surface area (Å²) in [6.45, 7) is 1.52. The average molecular weight is 178 g/mol. The first-order valence-electron chi connectivity index (χ1n) is 3.87. The van der Waals surface area contributed by atoms with Gasteiger partial charge in [0.25, 0.3) is 0 Å². The van der Waals surface area contributed by atoms with Crippen LogP contribution in [0.3, 0.4) is 0 Å². The number of nitrogens with zero attached hydrogens (tertiary/aromatic N) is 2. The number of aliphatic imine (C=N–C) groups is 1. The molecule has 0 spiro atoms. The molecule has 1 rings (SSSR count). The standard InChI is InChI=1S/C9H10N2O2/c1-7(9(12)13)11-6-8-4-2-3-5-10-8/h2-7H,1H3,(H,12,13). The lowest BCUT2D eigenvalue weighted by atomic mass is 10.3. The highest BCUT2D eigenvalue weighted by Crippen LogP contribution is 1.92. The van der Waals surface area contributed by atoms with Gasteiger partial charge in [0.1, 0.15) is 6.04 Å². The van der Waals surface area contributed by atoms with E-state index in [0.29, 0.717) is 5.69 Å². The van der Waals surface area contributed by atoms with Crippen molar-refractivity contribution in [3.05, 3.63) is 30.1 Å². The Bertz CT molecular complexity index is 309. The van der Waals surface area contributed by atoms with Crippen LogP contribution in [0.25, 0.3) is 0 Å². The fourth-order valence-electron chi connectivity index (χ4n) is 0.704. The lowest BCUT2D eigenvalue weighted by molar-refractivity contribution is -0.137. The van der Waals surface area contributed by atoms with E-state index in [2.05, 4.69) is 9.98 Å².